The van der Waals surface area contributed by atoms with Crippen molar-refractivity contribution >= 4 is 11.6 Å². The van der Waals surface area contributed by atoms with E-state index in [0.29, 0.717) is 13.0 Å². The van der Waals surface area contributed by atoms with Gasteiger partial charge in [-0.15, -0.1) is 0 Å². The summed E-state index contributed by atoms with van der Waals surface area (Å²) in [6.45, 7) is 2.58. The van der Waals surface area contributed by atoms with Crippen molar-refractivity contribution in [2.45, 2.75) is 32.4 Å². The summed E-state index contributed by atoms with van der Waals surface area (Å²) in [5.74, 6) is -0.133. The Kier molecular flexibility index (Phi) is 5.66. The van der Waals surface area contributed by atoms with Crippen LogP contribution in [0, 0.1) is 0 Å². The number of ether oxygens (including phenoxy) is 1. The minimum Gasteiger partial charge on any atom is -0.380 e. The van der Waals surface area contributed by atoms with Gasteiger partial charge in [0.25, 0.3) is 0 Å². The van der Waals surface area contributed by atoms with Gasteiger partial charge in [-0.25, -0.2) is 0 Å². The maximum atomic E-state index is 11.7. The van der Waals surface area contributed by atoms with Crippen LogP contribution in [0.25, 0.3) is 0 Å². The van der Waals surface area contributed by atoms with Gasteiger partial charge in [0, 0.05) is 12.8 Å². The van der Waals surface area contributed by atoms with Gasteiger partial charge in [0.05, 0.1) is 12.6 Å². The monoisotopic (exact) mass is 236 g/mol. The van der Waals surface area contributed by atoms with Gasteiger partial charge in [-0.2, -0.15) is 0 Å². The zero-order valence-corrected chi connectivity index (χ0v) is 10.4. The number of carbonyl (C=O) groups excluding carboxylic acids is 1. The summed E-state index contributed by atoms with van der Waals surface area (Å²) in [7, 11) is 1.65. The van der Waals surface area contributed by atoms with Crippen molar-refractivity contribution in [1.82, 2.24) is 0 Å². The molecule has 17 heavy (non-hydrogen) atoms. The Bertz CT molecular complexity index is 349. The molecule has 0 heterocycles. The molecular formula is C13H20N2O2. The molecule has 3 N–H and O–H groups in total. The summed E-state index contributed by atoms with van der Waals surface area (Å²) in [6, 6.07) is 7.11. The second kappa shape index (κ2) is 7.04. The number of nitrogens with two attached hydrogens (primary N) is 1. The molecule has 0 fully saturated rings. The molecule has 0 radical (unpaired) electrons. The summed E-state index contributed by atoms with van der Waals surface area (Å²) >= 11 is 0. The molecule has 4 nitrogen and oxygen atoms in total. The predicted molar refractivity (Wildman–Crippen MR) is 68.7 cm³/mol. The van der Waals surface area contributed by atoms with E-state index in [1.807, 2.05) is 31.2 Å². The Morgan fingerprint density at radius 1 is 1.41 bits per heavy atom. The highest BCUT2D eigenvalue weighted by atomic mass is 16.5. The van der Waals surface area contributed by atoms with Gasteiger partial charge in [0.15, 0.2) is 0 Å². The quantitative estimate of drug-likeness (QED) is 0.793. The summed E-state index contributed by atoms with van der Waals surface area (Å²) in [5, 5.41) is 2.79. The van der Waals surface area contributed by atoms with E-state index in [2.05, 4.69) is 5.32 Å². The fourth-order valence-corrected chi connectivity index (χ4v) is 1.53. The van der Waals surface area contributed by atoms with Gasteiger partial charge in [0.1, 0.15) is 0 Å². The Morgan fingerprint density at radius 2 is 2.06 bits per heavy atom. The first-order valence-corrected chi connectivity index (χ1v) is 5.81. The second-order valence-corrected chi connectivity index (χ2v) is 4.01. The molecule has 4 heteroatoms. The largest absolute Gasteiger partial charge is 0.380 e. The fourth-order valence-electron chi connectivity index (χ4n) is 1.53. The topological polar surface area (TPSA) is 64.4 Å². The minimum absolute atomic E-state index is 0.133. The maximum absolute atomic E-state index is 11.7. The van der Waals surface area contributed by atoms with Crippen LogP contribution in [0.5, 0.6) is 0 Å². The van der Waals surface area contributed by atoms with Crippen molar-refractivity contribution in [1.29, 1.82) is 0 Å². The number of benzene rings is 1. The molecule has 94 valence electrons. The van der Waals surface area contributed by atoms with E-state index in [0.717, 1.165) is 17.7 Å². The van der Waals surface area contributed by atoms with Crippen molar-refractivity contribution in [3.63, 3.8) is 0 Å². The van der Waals surface area contributed by atoms with Gasteiger partial charge in [-0.3, -0.25) is 4.79 Å². The van der Waals surface area contributed by atoms with Gasteiger partial charge >= 0.3 is 0 Å². The third kappa shape index (κ3) is 4.54. The van der Waals surface area contributed by atoms with Crippen LogP contribution in [0.2, 0.25) is 0 Å². The molecule has 0 unspecified atom stereocenters. The highest BCUT2D eigenvalue weighted by molar-refractivity contribution is 5.94. The summed E-state index contributed by atoms with van der Waals surface area (Å²) in [6.07, 6.45) is 1.61. The van der Waals surface area contributed by atoms with Gasteiger partial charge in [-0.1, -0.05) is 25.5 Å². The van der Waals surface area contributed by atoms with Crippen molar-refractivity contribution < 1.29 is 9.53 Å². The summed E-state index contributed by atoms with van der Waals surface area (Å²) < 4.78 is 5.01. The van der Waals surface area contributed by atoms with Gasteiger partial charge < -0.3 is 15.8 Å². The number of amides is 1. The molecule has 0 aliphatic heterocycles. The number of rotatable bonds is 6. The first-order chi connectivity index (χ1) is 8.17. The first kappa shape index (κ1) is 13.7. The van der Waals surface area contributed by atoms with E-state index in [1.54, 1.807) is 7.11 Å². The van der Waals surface area contributed by atoms with E-state index < -0.39 is 6.04 Å². The van der Waals surface area contributed by atoms with Crippen LogP contribution in [-0.2, 0) is 16.1 Å². The maximum Gasteiger partial charge on any atom is 0.241 e. The summed E-state index contributed by atoms with van der Waals surface area (Å²) in [4.78, 5) is 11.7. The lowest BCUT2D eigenvalue weighted by Crippen LogP contribution is -2.35. The number of anilines is 1. The first-order valence-electron chi connectivity index (χ1n) is 5.81. The fraction of sp³-hybridized carbons (Fsp3) is 0.462. The number of hydrogen-bond donors (Lipinski definition) is 2. The normalized spacial score (nSPS) is 12.2. The molecule has 1 rings (SSSR count). The van der Waals surface area contributed by atoms with Crippen LogP contribution < -0.4 is 11.1 Å². The molecule has 1 aromatic rings. The summed E-state index contributed by atoms with van der Waals surface area (Å²) in [5.41, 5.74) is 7.56. The average Bonchev–Trinajstić information content (AvgIpc) is 2.32. The molecule has 1 amide bonds. The number of carbonyl (C=O) groups is 1. The molecule has 0 saturated carbocycles. The molecule has 0 saturated heterocycles. The van der Waals surface area contributed by atoms with E-state index in [9.17, 15) is 4.79 Å². The molecule has 0 bridgehead atoms. The van der Waals surface area contributed by atoms with Crippen molar-refractivity contribution in [3.05, 3.63) is 29.8 Å². The van der Waals surface area contributed by atoms with Crippen LogP contribution in [0.15, 0.2) is 24.3 Å². The molecular weight excluding hydrogens is 216 g/mol. The minimum atomic E-state index is -0.432. The Morgan fingerprint density at radius 3 is 2.59 bits per heavy atom. The van der Waals surface area contributed by atoms with Crippen LogP contribution in [0.4, 0.5) is 5.69 Å². The molecule has 1 atom stereocenters. The molecule has 0 aliphatic rings. The van der Waals surface area contributed by atoms with Crippen molar-refractivity contribution in [2.24, 2.45) is 5.73 Å². The number of nitrogens with one attached hydrogen (secondary N) is 1. The van der Waals surface area contributed by atoms with E-state index in [-0.39, 0.29) is 5.91 Å². The SMILES string of the molecule is CCC[C@H](N)C(=O)Nc1ccc(COC)cc1. The Labute approximate surface area is 102 Å². The van der Waals surface area contributed by atoms with Gasteiger partial charge in [0.2, 0.25) is 5.91 Å². The standard InChI is InChI=1S/C13H20N2O2/c1-3-4-12(14)13(16)15-11-7-5-10(6-8-11)9-17-2/h5-8,12H,3-4,9,14H2,1-2H3,(H,15,16)/t12-/m0/s1. The van der Waals surface area contributed by atoms with Crippen molar-refractivity contribution in [3.8, 4) is 0 Å². The number of methoxy groups -OCH3 is 1. The molecule has 0 spiro atoms. The highest BCUT2D eigenvalue weighted by Gasteiger charge is 2.11. The third-order valence-electron chi connectivity index (χ3n) is 2.47. The average molecular weight is 236 g/mol. The van der Waals surface area contributed by atoms with Crippen molar-refractivity contribution in [2.75, 3.05) is 12.4 Å². The lowest BCUT2D eigenvalue weighted by molar-refractivity contribution is -0.117. The Hall–Kier alpha value is -1.39. The Balaban J connectivity index is 2.53. The van der Waals surface area contributed by atoms with Crippen LogP contribution in [0.3, 0.4) is 0 Å². The van der Waals surface area contributed by atoms with Crippen LogP contribution in [0.1, 0.15) is 25.3 Å². The highest BCUT2D eigenvalue weighted by Crippen LogP contribution is 2.10. The van der Waals surface area contributed by atoms with E-state index >= 15 is 0 Å². The van der Waals surface area contributed by atoms with E-state index in [4.69, 9.17) is 10.5 Å². The zero-order chi connectivity index (χ0) is 12.7. The van der Waals surface area contributed by atoms with Crippen LogP contribution in [-0.4, -0.2) is 19.1 Å². The predicted octanol–water partition coefficient (Wildman–Crippen LogP) is 1.90. The smallest absolute Gasteiger partial charge is 0.241 e. The van der Waals surface area contributed by atoms with Gasteiger partial charge in [-0.05, 0) is 24.1 Å². The lowest BCUT2D eigenvalue weighted by atomic mass is 10.1. The third-order valence-corrected chi connectivity index (χ3v) is 2.47. The molecule has 0 aliphatic carbocycles. The van der Waals surface area contributed by atoms with Crippen LogP contribution >= 0.6 is 0 Å². The second-order valence-electron chi connectivity index (χ2n) is 4.01. The zero-order valence-electron chi connectivity index (χ0n) is 10.4. The lowest BCUT2D eigenvalue weighted by Gasteiger charge is -2.11. The number of hydrogen-bond acceptors (Lipinski definition) is 3. The molecule has 1 aromatic carbocycles. The molecule has 0 aromatic heterocycles. The van der Waals surface area contributed by atoms with E-state index in [1.165, 1.54) is 0 Å².